The second kappa shape index (κ2) is 7.00. The van der Waals surface area contributed by atoms with Crippen molar-refractivity contribution in [1.82, 2.24) is 10.6 Å². The first-order valence-electron chi connectivity index (χ1n) is 7.01. The number of hydrogen-bond donors (Lipinski definition) is 2. The largest absolute Gasteiger partial charge is 0.356 e. The van der Waals surface area contributed by atoms with Crippen molar-refractivity contribution in [1.29, 1.82) is 0 Å². The molecular weight excluding hydrogens is 212 g/mol. The van der Waals surface area contributed by atoms with Gasteiger partial charge in [-0.2, -0.15) is 0 Å². The summed E-state index contributed by atoms with van der Waals surface area (Å²) in [5.41, 5.74) is 0.235. The first-order chi connectivity index (χ1) is 8.03. The number of hydrogen-bond acceptors (Lipinski definition) is 2. The second-order valence-electron chi connectivity index (χ2n) is 6.09. The normalized spacial score (nSPS) is 18.1. The van der Waals surface area contributed by atoms with Crippen molar-refractivity contribution < 1.29 is 4.79 Å². The topological polar surface area (TPSA) is 41.1 Å². The first-order valence-corrected chi connectivity index (χ1v) is 7.01. The van der Waals surface area contributed by atoms with Gasteiger partial charge in [0, 0.05) is 13.0 Å². The maximum absolute atomic E-state index is 11.8. The van der Waals surface area contributed by atoms with E-state index >= 15 is 0 Å². The molecule has 17 heavy (non-hydrogen) atoms. The molecule has 0 aromatic rings. The molecule has 3 heteroatoms. The van der Waals surface area contributed by atoms with E-state index in [1.54, 1.807) is 0 Å². The fourth-order valence-corrected chi connectivity index (χ4v) is 2.52. The van der Waals surface area contributed by atoms with Gasteiger partial charge in [0.15, 0.2) is 0 Å². The number of carbonyl (C=O) groups is 1. The molecule has 0 spiro atoms. The zero-order valence-electron chi connectivity index (χ0n) is 11.6. The van der Waals surface area contributed by atoms with Gasteiger partial charge in [-0.3, -0.25) is 4.79 Å². The molecule has 0 radical (unpaired) electrons. The molecule has 0 aromatic carbocycles. The summed E-state index contributed by atoms with van der Waals surface area (Å²) in [5.74, 6) is 0.826. The molecule has 1 saturated heterocycles. The van der Waals surface area contributed by atoms with Crippen LogP contribution in [0.3, 0.4) is 0 Å². The Morgan fingerprint density at radius 1 is 1.35 bits per heavy atom. The predicted molar refractivity (Wildman–Crippen MR) is 71.9 cm³/mol. The van der Waals surface area contributed by atoms with E-state index in [1.165, 1.54) is 12.8 Å². The Kier molecular flexibility index (Phi) is 5.96. The summed E-state index contributed by atoms with van der Waals surface area (Å²) >= 11 is 0. The summed E-state index contributed by atoms with van der Waals surface area (Å²) in [6.07, 6.45) is 5.35. The third-order valence-electron chi connectivity index (χ3n) is 3.62. The number of carbonyl (C=O) groups excluding carboxylic acids is 1. The average molecular weight is 240 g/mol. The van der Waals surface area contributed by atoms with Crippen molar-refractivity contribution in [2.24, 2.45) is 11.3 Å². The second-order valence-corrected chi connectivity index (χ2v) is 6.09. The summed E-state index contributed by atoms with van der Waals surface area (Å²) in [6, 6.07) is 0. The van der Waals surface area contributed by atoms with Crippen LogP contribution in [-0.2, 0) is 4.79 Å². The van der Waals surface area contributed by atoms with Crippen molar-refractivity contribution in [3.63, 3.8) is 0 Å². The van der Waals surface area contributed by atoms with Gasteiger partial charge < -0.3 is 10.6 Å². The standard InChI is InChI=1S/C14H28N2O/c1-4-7-14(2,3)11-16-13(17)10-12-5-8-15-9-6-12/h12,15H,4-11H2,1-3H3,(H,16,17). The van der Waals surface area contributed by atoms with Gasteiger partial charge in [0.25, 0.3) is 0 Å². The zero-order chi connectivity index (χ0) is 12.7. The highest BCUT2D eigenvalue weighted by atomic mass is 16.1. The third-order valence-corrected chi connectivity index (χ3v) is 3.62. The third kappa shape index (κ3) is 6.06. The molecule has 0 aliphatic carbocycles. The van der Waals surface area contributed by atoms with Crippen LogP contribution in [0, 0.1) is 11.3 Å². The summed E-state index contributed by atoms with van der Waals surface area (Å²) in [4.78, 5) is 11.8. The van der Waals surface area contributed by atoms with E-state index in [1.807, 2.05) is 0 Å². The molecule has 1 rings (SSSR count). The Bertz CT molecular complexity index is 232. The fourth-order valence-electron chi connectivity index (χ4n) is 2.52. The van der Waals surface area contributed by atoms with Crippen LogP contribution in [0.5, 0.6) is 0 Å². The van der Waals surface area contributed by atoms with Gasteiger partial charge in [-0.15, -0.1) is 0 Å². The van der Waals surface area contributed by atoms with Gasteiger partial charge in [-0.1, -0.05) is 27.2 Å². The minimum atomic E-state index is 0.235. The van der Waals surface area contributed by atoms with Crippen molar-refractivity contribution in [2.45, 2.75) is 52.9 Å². The lowest BCUT2D eigenvalue weighted by Crippen LogP contribution is -2.36. The van der Waals surface area contributed by atoms with E-state index in [4.69, 9.17) is 0 Å². The Hall–Kier alpha value is -0.570. The van der Waals surface area contributed by atoms with Gasteiger partial charge in [-0.25, -0.2) is 0 Å². The maximum Gasteiger partial charge on any atom is 0.220 e. The van der Waals surface area contributed by atoms with E-state index in [9.17, 15) is 4.79 Å². The van der Waals surface area contributed by atoms with Crippen molar-refractivity contribution in [2.75, 3.05) is 19.6 Å². The smallest absolute Gasteiger partial charge is 0.220 e. The lowest BCUT2D eigenvalue weighted by molar-refractivity contribution is -0.122. The highest BCUT2D eigenvalue weighted by Crippen LogP contribution is 2.21. The molecular formula is C14H28N2O. The summed E-state index contributed by atoms with van der Waals surface area (Å²) < 4.78 is 0. The molecule has 2 N–H and O–H groups in total. The van der Waals surface area contributed by atoms with Gasteiger partial charge in [0.2, 0.25) is 5.91 Å². The Morgan fingerprint density at radius 2 is 2.00 bits per heavy atom. The van der Waals surface area contributed by atoms with E-state index in [2.05, 4.69) is 31.4 Å². The van der Waals surface area contributed by atoms with Gasteiger partial charge in [0.05, 0.1) is 0 Å². The van der Waals surface area contributed by atoms with Crippen LogP contribution in [0.4, 0.5) is 0 Å². The van der Waals surface area contributed by atoms with Gasteiger partial charge in [-0.05, 0) is 43.7 Å². The van der Waals surface area contributed by atoms with Crippen LogP contribution >= 0.6 is 0 Å². The van der Waals surface area contributed by atoms with Crippen molar-refractivity contribution in [3.8, 4) is 0 Å². The maximum atomic E-state index is 11.8. The number of rotatable bonds is 6. The number of amides is 1. The molecule has 0 unspecified atom stereocenters. The minimum Gasteiger partial charge on any atom is -0.356 e. The molecule has 3 nitrogen and oxygen atoms in total. The molecule has 1 fully saturated rings. The molecule has 1 aliphatic rings. The first kappa shape index (κ1) is 14.5. The average Bonchev–Trinajstić information content (AvgIpc) is 2.28. The molecule has 0 aromatic heterocycles. The number of nitrogens with one attached hydrogen (secondary N) is 2. The van der Waals surface area contributed by atoms with Crippen LogP contribution in [-0.4, -0.2) is 25.5 Å². The fraction of sp³-hybridized carbons (Fsp3) is 0.929. The van der Waals surface area contributed by atoms with E-state index < -0.39 is 0 Å². The number of piperidine rings is 1. The van der Waals surface area contributed by atoms with Gasteiger partial charge >= 0.3 is 0 Å². The SMILES string of the molecule is CCCC(C)(C)CNC(=O)CC1CCNCC1. The zero-order valence-corrected chi connectivity index (χ0v) is 11.6. The van der Waals surface area contributed by atoms with Crippen LogP contribution in [0.1, 0.15) is 52.9 Å². The van der Waals surface area contributed by atoms with E-state index in [0.717, 1.165) is 32.5 Å². The summed E-state index contributed by atoms with van der Waals surface area (Å²) in [6.45, 7) is 9.59. The molecule has 1 heterocycles. The molecule has 0 saturated carbocycles. The lowest BCUT2D eigenvalue weighted by Gasteiger charge is -2.26. The lowest BCUT2D eigenvalue weighted by atomic mass is 9.88. The Morgan fingerprint density at radius 3 is 2.59 bits per heavy atom. The van der Waals surface area contributed by atoms with Crippen molar-refractivity contribution in [3.05, 3.63) is 0 Å². The van der Waals surface area contributed by atoms with Crippen LogP contribution in [0.25, 0.3) is 0 Å². The summed E-state index contributed by atoms with van der Waals surface area (Å²) in [7, 11) is 0. The molecule has 100 valence electrons. The summed E-state index contributed by atoms with van der Waals surface area (Å²) in [5, 5.41) is 6.42. The van der Waals surface area contributed by atoms with Crippen LogP contribution in [0.2, 0.25) is 0 Å². The minimum absolute atomic E-state index is 0.235. The highest BCUT2D eigenvalue weighted by molar-refractivity contribution is 5.76. The van der Waals surface area contributed by atoms with Crippen LogP contribution < -0.4 is 10.6 Å². The quantitative estimate of drug-likeness (QED) is 0.748. The van der Waals surface area contributed by atoms with Gasteiger partial charge in [0.1, 0.15) is 0 Å². The Balaban J connectivity index is 2.20. The molecule has 0 atom stereocenters. The highest BCUT2D eigenvalue weighted by Gasteiger charge is 2.20. The van der Waals surface area contributed by atoms with E-state index in [0.29, 0.717) is 12.3 Å². The predicted octanol–water partition coefficient (Wildman–Crippen LogP) is 2.32. The van der Waals surface area contributed by atoms with Crippen LogP contribution in [0.15, 0.2) is 0 Å². The molecule has 1 aliphatic heterocycles. The Labute approximate surface area is 106 Å². The monoisotopic (exact) mass is 240 g/mol. The van der Waals surface area contributed by atoms with E-state index in [-0.39, 0.29) is 11.3 Å². The van der Waals surface area contributed by atoms with Crippen molar-refractivity contribution >= 4 is 5.91 Å². The molecule has 0 bridgehead atoms. The molecule has 1 amide bonds.